The number of aliphatic carboxylic acids is 1. The summed E-state index contributed by atoms with van der Waals surface area (Å²) in [6.45, 7) is 2.60. The third-order valence-electron chi connectivity index (χ3n) is 3.60. The van der Waals surface area contributed by atoms with Gasteiger partial charge in [0.05, 0.1) is 12.6 Å². The fourth-order valence-electron chi connectivity index (χ4n) is 2.30. The van der Waals surface area contributed by atoms with Crippen molar-refractivity contribution in [2.24, 2.45) is 0 Å². The van der Waals surface area contributed by atoms with Crippen LogP contribution in [0.2, 0.25) is 0 Å². The number of hydrogen-bond donors (Lipinski definition) is 0. The second-order valence-electron chi connectivity index (χ2n) is 5.71. The van der Waals surface area contributed by atoms with Crippen LogP contribution >= 0.6 is 0 Å². The fourth-order valence-corrected chi connectivity index (χ4v) is 2.30. The average Bonchev–Trinajstić information content (AvgIpc) is 2.49. The Morgan fingerprint density at radius 2 is 1.22 bits per heavy atom. The quantitative estimate of drug-likeness (QED) is 0.187. The van der Waals surface area contributed by atoms with Gasteiger partial charge in [-0.1, -0.05) is 77.6 Å². The molecule has 0 saturated heterocycles. The summed E-state index contributed by atoms with van der Waals surface area (Å²) < 4.78 is 4.87. The van der Waals surface area contributed by atoms with Crippen molar-refractivity contribution in [1.82, 2.24) is 0 Å². The minimum atomic E-state index is -1.39. The van der Waals surface area contributed by atoms with E-state index >= 15 is 0 Å². The monoisotopic (exact) mass is 350 g/mol. The van der Waals surface area contributed by atoms with Crippen molar-refractivity contribution in [2.75, 3.05) is 6.61 Å². The summed E-state index contributed by atoms with van der Waals surface area (Å²) in [6.07, 6.45) is 16.7. The summed E-state index contributed by atoms with van der Waals surface area (Å²) in [4.78, 5) is 21.1. The molecular formula is C18H31KO4. The van der Waals surface area contributed by atoms with E-state index in [1.165, 1.54) is 64.2 Å². The molecule has 0 amide bonds. The van der Waals surface area contributed by atoms with Crippen LogP contribution in [0.25, 0.3) is 0 Å². The number of carboxylic acid groups (broad SMARTS) is 1. The van der Waals surface area contributed by atoms with Gasteiger partial charge in [0.1, 0.15) is 0 Å². The van der Waals surface area contributed by atoms with Gasteiger partial charge in [-0.15, -0.1) is 0 Å². The molecule has 0 atom stereocenters. The minimum absolute atomic E-state index is 0. The van der Waals surface area contributed by atoms with E-state index in [4.69, 9.17) is 4.74 Å². The van der Waals surface area contributed by atoms with E-state index in [1.807, 2.05) is 0 Å². The summed E-state index contributed by atoms with van der Waals surface area (Å²) in [6, 6.07) is 0. The molecule has 0 fully saturated rings. The molecule has 0 aromatic rings. The Labute approximate surface area is 183 Å². The molecule has 0 aliphatic rings. The van der Waals surface area contributed by atoms with Crippen molar-refractivity contribution in [3.8, 4) is 0 Å². The summed E-state index contributed by atoms with van der Waals surface area (Å²) in [7, 11) is 0. The molecule has 23 heavy (non-hydrogen) atoms. The Morgan fingerprint density at radius 3 is 1.65 bits per heavy atom. The van der Waals surface area contributed by atoms with Gasteiger partial charge in [0.25, 0.3) is 0 Å². The number of ether oxygens (including phenoxy) is 1. The van der Waals surface area contributed by atoms with Crippen LogP contribution in [0.4, 0.5) is 0 Å². The van der Waals surface area contributed by atoms with Crippen LogP contribution in [0.15, 0.2) is 12.2 Å². The Bertz CT molecular complexity index is 316. The molecular weight excluding hydrogens is 319 g/mol. The average molecular weight is 351 g/mol. The maximum absolute atomic E-state index is 11.0. The van der Waals surface area contributed by atoms with E-state index in [-0.39, 0.29) is 51.4 Å². The molecule has 0 heterocycles. The van der Waals surface area contributed by atoms with Crippen molar-refractivity contribution < 1.29 is 70.8 Å². The Kier molecular flexibility index (Phi) is 22.6. The molecule has 0 aromatic heterocycles. The van der Waals surface area contributed by atoms with Crippen molar-refractivity contribution in [1.29, 1.82) is 0 Å². The topological polar surface area (TPSA) is 66.4 Å². The van der Waals surface area contributed by atoms with Gasteiger partial charge in [0.2, 0.25) is 0 Å². The van der Waals surface area contributed by atoms with Gasteiger partial charge < -0.3 is 14.6 Å². The zero-order chi connectivity index (χ0) is 16.5. The van der Waals surface area contributed by atoms with Crippen LogP contribution in [-0.2, 0) is 14.3 Å². The SMILES string of the molecule is CCCCCCCCCCCCCCOC(=O)C=CC(=O)[O-].[K+]. The van der Waals surface area contributed by atoms with Crippen molar-refractivity contribution >= 4 is 11.9 Å². The largest absolute Gasteiger partial charge is 1.00 e. The van der Waals surface area contributed by atoms with Crippen molar-refractivity contribution in [2.45, 2.75) is 84.0 Å². The summed E-state index contributed by atoms with van der Waals surface area (Å²) in [5, 5.41) is 10.1. The first-order valence-electron chi connectivity index (χ1n) is 8.72. The molecule has 0 radical (unpaired) electrons. The molecule has 0 rings (SSSR count). The van der Waals surface area contributed by atoms with Gasteiger partial charge in [-0.3, -0.25) is 0 Å². The number of carbonyl (C=O) groups is 2. The third-order valence-corrected chi connectivity index (χ3v) is 3.60. The molecule has 0 aromatic carbocycles. The number of carbonyl (C=O) groups excluding carboxylic acids is 2. The number of hydrogen-bond acceptors (Lipinski definition) is 4. The Balaban J connectivity index is 0. The number of unbranched alkanes of at least 4 members (excludes halogenated alkanes) is 11. The van der Waals surface area contributed by atoms with E-state index in [0.29, 0.717) is 12.7 Å². The zero-order valence-electron chi connectivity index (χ0n) is 15.0. The first-order chi connectivity index (χ1) is 10.7. The van der Waals surface area contributed by atoms with Gasteiger partial charge in [0.15, 0.2) is 0 Å². The van der Waals surface area contributed by atoms with E-state index < -0.39 is 11.9 Å². The van der Waals surface area contributed by atoms with Crippen LogP contribution in [0, 0.1) is 0 Å². The van der Waals surface area contributed by atoms with E-state index in [0.717, 1.165) is 18.9 Å². The molecule has 4 nitrogen and oxygen atoms in total. The number of rotatable bonds is 15. The predicted molar refractivity (Wildman–Crippen MR) is 86.2 cm³/mol. The van der Waals surface area contributed by atoms with Crippen molar-refractivity contribution in [3.63, 3.8) is 0 Å². The van der Waals surface area contributed by atoms with Gasteiger partial charge in [-0.05, 0) is 12.5 Å². The van der Waals surface area contributed by atoms with Crippen LogP contribution in [0.3, 0.4) is 0 Å². The number of carboxylic acids is 1. The second kappa shape index (κ2) is 20.4. The molecule has 0 N–H and O–H groups in total. The third kappa shape index (κ3) is 22.3. The molecule has 0 saturated carbocycles. The molecule has 0 aliphatic heterocycles. The van der Waals surface area contributed by atoms with Crippen LogP contribution in [-0.4, -0.2) is 18.5 Å². The van der Waals surface area contributed by atoms with E-state index in [2.05, 4.69) is 6.92 Å². The molecule has 128 valence electrons. The molecule has 0 bridgehead atoms. The van der Waals surface area contributed by atoms with Crippen molar-refractivity contribution in [3.05, 3.63) is 12.2 Å². The summed E-state index contributed by atoms with van der Waals surface area (Å²) in [5.41, 5.74) is 0. The van der Waals surface area contributed by atoms with Crippen LogP contribution < -0.4 is 56.5 Å². The van der Waals surface area contributed by atoms with E-state index in [9.17, 15) is 14.7 Å². The molecule has 0 spiro atoms. The predicted octanol–water partition coefficient (Wildman–Crippen LogP) is 0.541. The van der Waals surface area contributed by atoms with Crippen LogP contribution in [0.1, 0.15) is 84.0 Å². The van der Waals surface area contributed by atoms with Gasteiger partial charge in [0, 0.05) is 6.08 Å². The summed E-state index contributed by atoms with van der Waals surface area (Å²) >= 11 is 0. The van der Waals surface area contributed by atoms with Gasteiger partial charge in [-0.25, -0.2) is 4.79 Å². The van der Waals surface area contributed by atoms with Gasteiger partial charge in [-0.2, -0.15) is 0 Å². The normalized spacial score (nSPS) is 10.5. The molecule has 0 unspecified atom stereocenters. The maximum Gasteiger partial charge on any atom is 1.00 e. The Morgan fingerprint density at radius 1 is 0.783 bits per heavy atom. The maximum atomic E-state index is 11.0. The first-order valence-corrected chi connectivity index (χ1v) is 8.72. The smallest absolute Gasteiger partial charge is 0.545 e. The fraction of sp³-hybridized carbons (Fsp3) is 0.778. The molecule has 0 aliphatic carbocycles. The molecule has 5 heteroatoms. The van der Waals surface area contributed by atoms with E-state index in [1.54, 1.807) is 0 Å². The van der Waals surface area contributed by atoms with Gasteiger partial charge >= 0.3 is 57.4 Å². The standard InChI is InChI=1S/C18H32O4.K/c1-2-3-4-5-6-7-8-9-10-11-12-13-16-22-18(21)15-14-17(19)20;/h14-15H,2-13,16H2,1H3,(H,19,20);/q;+1/p-1. The summed E-state index contributed by atoms with van der Waals surface area (Å²) in [5.74, 6) is -2.01. The minimum Gasteiger partial charge on any atom is -0.545 e. The first kappa shape index (κ1) is 25.6. The Hall–Kier alpha value is 0.316. The number of esters is 1. The zero-order valence-corrected chi connectivity index (χ0v) is 18.1. The van der Waals surface area contributed by atoms with Crippen LogP contribution in [0.5, 0.6) is 0 Å². The second-order valence-corrected chi connectivity index (χ2v) is 5.71.